The molecule has 106 valence electrons. The molecular formula is C14H19N5O. The maximum atomic E-state index is 11.5. The fourth-order valence-electron chi connectivity index (χ4n) is 2.09. The largest absolute Gasteiger partial charge is 0.353 e. The van der Waals surface area contributed by atoms with Crippen molar-refractivity contribution in [3.8, 4) is 0 Å². The SMILES string of the molecule is Cc1cccn2nc(NCCCC(=O)NC3CC3)nc12. The smallest absolute Gasteiger partial charge is 0.243 e. The van der Waals surface area contributed by atoms with Gasteiger partial charge < -0.3 is 10.6 Å². The predicted octanol–water partition coefficient (Wildman–Crippen LogP) is 1.51. The second-order valence-corrected chi connectivity index (χ2v) is 5.27. The summed E-state index contributed by atoms with van der Waals surface area (Å²) in [7, 11) is 0. The fourth-order valence-corrected chi connectivity index (χ4v) is 2.09. The molecule has 20 heavy (non-hydrogen) atoms. The van der Waals surface area contributed by atoms with E-state index in [0.717, 1.165) is 30.5 Å². The van der Waals surface area contributed by atoms with Crippen molar-refractivity contribution in [3.05, 3.63) is 23.9 Å². The molecular weight excluding hydrogens is 254 g/mol. The molecule has 6 heteroatoms. The van der Waals surface area contributed by atoms with E-state index in [-0.39, 0.29) is 5.91 Å². The Kier molecular flexibility index (Phi) is 3.54. The molecule has 1 fully saturated rings. The van der Waals surface area contributed by atoms with E-state index in [4.69, 9.17) is 0 Å². The lowest BCUT2D eigenvalue weighted by molar-refractivity contribution is -0.121. The molecule has 2 aromatic heterocycles. The van der Waals surface area contributed by atoms with Crippen LogP contribution in [0.3, 0.4) is 0 Å². The first-order valence-corrected chi connectivity index (χ1v) is 7.07. The number of pyridine rings is 1. The molecule has 1 saturated carbocycles. The van der Waals surface area contributed by atoms with Gasteiger partial charge in [-0.2, -0.15) is 4.98 Å². The van der Waals surface area contributed by atoms with E-state index in [1.54, 1.807) is 4.52 Å². The molecule has 0 saturated heterocycles. The number of nitrogens with one attached hydrogen (secondary N) is 2. The molecule has 0 spiro atoms. The minimum Gasteiger partial charge on any atom is -0.353 e. The molecule has 3 rings (SSSR count). The molecule has 0 aliphatic heterocycles. The molecule has 1 aliphatic carbocycles. The highest BCUT2D eigenvalue weighted by Crippen LogP contribution is 2.18. The van der Waals surface area contributed by atoms with E-state index in [2.05, 4.69) is 20.7 Å². The summed E-state index contributed by atoms with van der Waals surface area (Å²) >= 11 is 0. The van der Waals surface area contributed by atoms with Gasteiger partial charge in [0.25, 0.3) is 0 Å². The Bertz CT molecular complexity index is 617. The number of hydrogen-bond acceptors (Lipinski definition) is 4. The number of anilines is 1. The number of aryl methyl sites for hydroxylation is 1. The van der Waals surface area contributed by atoms with Crippen LogP contribution in [0.15, 0.2) is 18.3 Å². The Hall–Kier alpha value is -2.11. The van der Waals surface area contributed by atoms with Crippen molar-refractivity contribution >= 4 is 17.5 Å². The maximum Gasteiger partial charge on any atom is 0.243 e. The van der Waals surface area contributed by atoms with E-state index in [1.165, 1.54) is 0 Å². The third-order valence-corrected chi connectivity index (χ3v) is 3.36. The monoisotopic (exact) mass is 273 g/mol. The lowest BCUT2D eigenvalue weighted by Crippen LogP contribution is -2.25. The van der Waals surface area contributed by atoms with E-state index in [9.17, 15) is 4.79 Å². The van der Waals surface area contributed by atoms with Crippen LogP contribution in [0.1, 0.15) is 31.2 Å². The lowest BCUT2D eigenvalue weighted by atomic mass is 10.3. The topological polar surface area (TPSA) is 71.3 Å². The summed E-state index contributed by atoms with van der Waals surface area (Å²) in [5.74, 6) is 0.759. The minimum absolute atomic E-state index is 0.146. The molecule has 1 amide bonds. The first kappa shape index (κ1) is 12.9. The predicted molar refractivity (Wildman–Crippen MR) is 76.6 cm³/mol. The Morgan fingerprint density at radius 2 is 2.35 bits per heavy atom. The quantitative estimate of drug-likeness (QED) is 0.783. The van der Waals surface area contributed by atoms with Crippen LogP contribution in [-0.2, 0) is 4.79 Å². The zero-order chi connectivity index (χ0) is 13.9. The van der Waals surface area contributed by atoms with Gasteiger partial charge in [-0.05, 0) is 37.8 Å². The summed E-state index contributed by atoms with van der Waals surface area (Å²) in [6, 6.07) is 4.40. The summed E-state index contributed by atoms with van der Waals surface area (Å²) in [5, 5.41) is 10.5. The van der Waals surface area contributed by atoms with Crippen molar-refractivity contribution in [2.75, 3.05) is 11.9 Å². The molecule has 6 nitrogen and oxygen atoms in total. The lowest BCUT2D eigenvalue weighted by Gasteiger charge is -2.03. The summed E-state index contributed by atoms with van der Waals surface area (Å²) in [4.78, 5) is 15.9. The number of rotatable bonds is 6. The first-order valence-electron chi connectivity index (χ1n) is 7.07. The number of fused-ring (bicyclic) bond motifs is 1. The van der Waals surface area contributed by atoms with Crippen LogP contribution >= 0.6 is 0 Å². The normalized spacial score (nSPS) is 14.4. The molecule has 0 bridgehead atoms. The van der Waals surface area contributed by atoms with Crippen LogP contribution in [-0.4, -0.2) is 33.1 Å². The number of carbonyl (C=O) groups excluding carboxylic acids is 1. The van der Waals surface area contributed by atoms with Crippen molar-refractivity contribution in [1.82, 2.24) is 19.9 Å². The molecule has 1 aliphatic rings. The second-order valence-electron chi connectivity index (χ2n) is 5.27. The zero-order valence-corrected chi connectivity index (χ0v) is 11.6. The third kappa shape index (κ3) is 3.07. The highest BCUT2D eigenvalue weighted by atomic mass is 16.1. The maximum absolute atomic E-state index is 11.5. The molecule has 2 aromatic rings. The molecule has 0 atom stereocenters. The average Bonchev–Trinajstić information content (AvgIpc) is 3.12. The van der Waals surface area contributed by atoms with Gasteiger partial charge in [-0.3, -0.25) is 4.79 Å². The van der Waals surface area contributed by atoms with Crippen LogP contribution in [0.25, 0.3) is 5.65 Å². The number of nitrogens with zero attached hydrogens (tertiary/aromatic N) is 3. The summed E-state index contributed by atoms with van der Waals surface area (Å²) in [5.41, 5.74) is 1.96. The number of hydrogen-bond donors (Lipinski definition) is 2. The molecule has 2 N–H and O–H groups in total. The van der Waals surface area contributed by atoms with Gasteiger partial charge in [0, 0.05) is 25.2 Å². The van der Waals surface area contributed by atoms with E-state index < -0.39 is 0 Å². The van der Waals surface area contributed by atoms with Crippen LogP contribution in [0.5, 0.6) is 0 Å². The van der Waals surface area contributed by atoms with Crippen molar-refractivity contribution in [2.24, 2.45) is 0 Å². The third-order valence-electron chi connectivity index (χ3n) is 3.36. The van der Waals surface area contributed by atoms with Crippen LogP contribution in [0, 0.1) is 6.92 Å². The molecule has 0 unspecified atom stereocenters. The first-order chi connectivity index (χ1) is 9.72. The Labute approximate surface area is 117 Å². The molecule has 0 aromatic carbocycles. The van der Waals surface area contributed by atoms with Gasteiger partial charge in [-0.1, -0.05) is 6.07 Å². The van der Waals surface area contributed by atoms with Crippen LogP contribution in [0.4, 0.5) is 5.95 Å². The highest BCUT2D eigenvalue weighted by molar-refractivity contribution is 5.76. The standard InChI is InChI=1S/C14H19N5O/c1-10-4-3-9-19-13(10)17-14(18-19)15-8-2-5-12(20)16-11-6-7-11/h3-4,9,11H,2,5-8H2,1H3,(H,15,18)(H,16,20). The fraction of sp³-hybridized carbons (Fsp3) is 0.500. The minimum atomic E-state index is 0.146. The summed E-state index contributed by atoms with van der Waals surface area (Å²) in [6.07, 6.45) is 5.48. The van der Waals surface area contributed by atoms with Gasteiger partial charge in [0.15, 0.2) is 5.65 Å². The van der Waals surface area contributed by atoms with Crippen LogP contribution < -0.4 is 10.6 Å². The van der Waals surface area contributed by atoms with Gasteiger partial charge in [-0.25, -0.2) is 4.52 Å². The summed E-state index contributed by atoms with van der Waals surface area (Å²) in [6.45, 7) is 2.71. The average molecular weight is 273 g/mol. The Morgan fingerprint density at radius 1 is 1.50 bits per heavy atom. The van der Waals surface area contributed by atoms with E-state index in [1.807, 2.05) is 25.3 Å². The van der Waals surface area contributed by atoms with Gasteiger partial charge >= 0.3 is 0 Å². The van der Waals surface area contributed by atoms with Crippen LogP contribution in [0.2, 0.25) is 0 Å². The van der Waals surface area contributed by atoms with Gasteiger partial charge in [0.05, 0.1) is 0 Å². The number of aromatic nitrogens is 3. The Morgan fingerprint density at radius 3 is 3.10 bits per heavy atom. The van der Waals surface area contributed by atoms with Crippen molar-refractivity contribution in [2.45, 2.75) is 38.6 Å². The van der Waals surface area contributed by atoms with Gasteiger partial charge in [0.2, 0.25) is 11.9 Å². The van der Waals surface area contributed by atoms with E-state index >= 15 is 0 Å². The van der Waals surface area contributed by atoms with Gasteiger partial charge in [0.1, 0.15) is 0 Å². The molecule has 2 heterocycles. The molecule has 0 radical (unpaired) electrons. The second kappa shape index (κ2) is 5.48. The number of carbonyl (C=O) groups is 1. The zero-order valence-electron chi connectivity index (χ0n) is 11.6. The highest BCUT2D eigenvalue weighted by Gasteiger charge is 2.22. The van der Waals surface area contributed by atoms with Gasteiger partial charge in [-0.15, -0.1) is 5.10 Å². The summed E-state index contributed by atoms with van der Waals surface area (Å²) < 4.78 is 1.76. The van der Waals surface area contributed by atoms with E-state index in [0.29, 0.717) is 25.0 Å². The van der Waals surface area contributed by atoms with Crippen molar-refractivity contribution in [3.63, 3.8) is 0 Å². The van der Waals surface area contributed by atoms with Crippen molar-refractivity contribution in [1.29, 1.82) is 0 Å². The van der Waals surface area contributed by atoms with Crippen molar-refractivity contribution < 1.29 is 4.79 Å². The number of amides is 1. The Balaban J connectivity index is 1.47.